The lowest BCUT2D eigenvalue weighted by Gasteiger charge is -2.15. The van der Waals surface area contributed by atoms with Crippen LogP contribution >= 0.6 is 0 Å². The molecule has 7 nitrogen and oxygen atoms in total. The molecule has 1 aliphatic carbocycles. The quantitative estimate of drug-likeness (QED) is 0.750. The molecular formula is C19H18N4O3. The third kappa shape index (κ3) is 2.92. The zero-order valence-corrected chi connectivity index (χ0v) is 14.3. The second-order valence-electron chi connectivity index (χ2n) is 6.24. The van der Waals surface area contributed by atoms with Crippen molar-refractivity contribution in [2.24, 2.45) is 0 Å². The summed E-state index contributed by atoms with van der Waals surface area (Å²) >= 11 is 0. The Morgan fingerprint density at radius 3 is 2.77 bits per heavy atom. The molecule has 2 N–H and O–H groups in total. The predicted molar refractivity (Wildman–Crippen MR) is 97.7 cm³/mol. The van der Waals surface area contributed by atoms with Crippen LogP contribution in [0.2, 0.25) is 0 Å². The van der Waals surface area contributed by atoms with E-state index in [1.807, 2.05) is 24.3 Å². The molecule has 0 radical (unpaired) electrons. The van der Waals surface area contributed by atoms with Crippen LogP contribution in [0, 0.1) is 0 Å². The first-order valence-electron chi connectivity index (χ1n) is 8.47. The van der Waals surface area contributed by atoms with Crippen molar-refractivity contribution >= 4 is 22.8 Å². The molecular weight excluding hydrogens is 332 g/mol. The summed E-state index contributed by atoms with van der Waals surface area (Å²) in [5.74, 6) is 1.18. The van der Waals surface area contributed by atoms with Crippen LogP contribution < -0.4 is 15.6 Å². The van der Waals surface area contributed by atoms with Crippen LogP contribution in [0.25, 0.3) is 11.0 Å². The SMILES string of the molecule is COc1ccc(CNc2nc3ncc4c(c3c(=O)[nH]2)CCCC4=O)cc1. The molecule has 26 heavy (non-hydrogen) atoms. The van der Waals surface area contributed by atoms with Gasteiger partial charge in [0.05, 0.1) is 12.5 Å². The number of Topliss-reactive ketones (excluding diaryl/α,β-unsaturated/α-hetero) is 1. The summed E-state index contributed by atoms with van der Waals surface area (Å²) in [6.07, 6.45) is 3.50. The number of nitrogens with zero attached hydrogens (tertiary/aromatic N) is 2. The number of nitrogens with one attached hydrogen (secondary N) is 2. The number of benzene rings is 1. The van der Waals surface area contributed by atoms with Crippen molar-refractivity contribution in [1.82, 2.24) is 15.0 Å². The van der Waals surface area contributed by atoms with E-state index in [4.69, 9.17) is 4.74 Å². The van der Waals surface area contributed by atoms with Gasteiger partial charge in [-0.3, -0.25) is 14.6 Å². The van der Waals surface area contributed by atoms with E-state index in [1.54, 1.807) is 13.3 Å². The largest absolute Gasteiger partial charge is 0.497 e. The molecule has 0 aliphatic heterocycles. The highest BCUT2D eigenvalue weighted by molar-refractivity contribution is 6.01. The van der Waals surface area contributed by atoms with Gasteiger partial charge in [-0.05, 0) is 36.1 Å². The summed E-state index contributed by atoms with van der Waals surface area (Å²) in [5.41, 5.74) is 2.43. The second kappa shape index (κ2) is 6.59. The van der Waals surface area contributed by atoms with E-state index in [9.17, 15) is 9.59 Å². The topological polar surface area (TPSA) is 97.0 Å². The number of H-pyrrole nitrogens is 1. The highest BCUT2D eigenvalue weighted by atomic mass is 16.5. The van der Waals surface area contributed by atoms with Crippen LogP contribution in [0.5, 0.6) is 5.75 Å². The fraction of sp³-hybridized carbons (Fsp3) is 0.263. The average molecular weight is 350 g/mol. The lowest BCUT2D eigenvalue weighted by Crippen LogP contribution is -2.19. The van der Waals surface area contributed by atoms with E-state index >= 15 is 0 Å². The fourth-order valence-corrected chi connectivity index (χ4v) is 3.24. The van der Waals surface area contributed by atoms with Crippen molar-refractivity contribution in [2.45, 2.75) is 25.8 Å². The monoisotopic (exact) mass is 350 g/mol. The zero-order chi connectivity index (χ0) is 18.1. The molecule has 0 fully saturated rings. The van der Waals surface area contributed by atoms with Gasteiger partial charge in [0.15, 0.2) is 11.4 Å². The molecule has 1 aromatic carbocycles. The first kappa shape index (κ1) is 16.3. The standard InChI is InChI=1S/C19H18N4O3/c1-26-12-7-5-11(6-8-12)9-21-19-22-17-16(18(25)23-19)13-3-2-4-15(24)14(13)10-20-17/h5-8,10H,2-4,9H2,1H3,(H2,20,21,22,23,25). The van der Waals surface area contributed by atoms with Crippen molar-refractivity contribution in [3.63, 3.8) is 0 Å². The van der Waals surface area contributed by atoms with Crippen LogP contribution in [0.4, 0.5) is 5.95 Å². The van der Waals surface area contributed by atoms with E-state index < -0.39 is 0 Å². The van der Waals surface area contributed by atoms with Gasteiger partial charge in [-0.15, -0.1) is 0 Å². The number of rotatable bonds is 4. The van der Waals surface area contributed by atoms with E-state index in [0.29, 0.717) is 41.9 Å². The number of anilines is 1. The van der Waals surface area contributed by atoms with Crippen molar-refractivity contribution in [1.29, 1.82) is 0 Å². The van der Waals surface area contributed by atoms with Crippen LogP contribution in [-0.4, -0.2) is 27.8 Å². The normalized spacial score (nSPS) is 13.5. The van der Waals surface area contributed by atoms with Crippen LogP contribution in [-0.2, 0) is 13.0 Å². The Bertz CT molecular complexity index is 1040. The summed E-state index contributed by atoms with van der Waals surface area (Å²) < 4.78 is 5.14. The molecule has 2 heterocycles. The molecule has 2 aromatic heterocycles. The maximum Gasteiger partial charge on any atom is 0.262 e. The van der Waals surface area contributed by atoms with Gasteiger partial charge in [-0.1, -0.05) is 12.1 Å². The average Bonchev–Trinajstić information content (AvgIpc) is 2.66. The predicted octanol–water partition coefficient (Wildman–Crippen LogP) is 2.46. The number of fused-ring (bicyclic) bond motifs is 3. The van der Waals surface area contributed by atoms with E-state index in [0.717, 1.165) is 23.3 Å². The van der Waals surface area contributed by atoms with Gasteiger partial charge in [-0.25, -0.2) is 4.98 Å². The van der Waals surface area contributed by atoms with Crippen LogP contribution in [0.3, 0.4) is 0 Å². The molecule has 0 unspecified atom stereocenters. The summed E-state index contributed by atoms with van der Waals surface area (Å²) in [4.78, 5) is 36.0. The van der Waals surface area contributed by atoms with Gasteiger partial charge in [0.1, 0.15) is 5.75 Å². The molecule has 1 aliphatic rings. The number of ether oxygens (including phenoxy) is 1. The number of hydrogen-bond acceptors (Lipinski definition) is 6. The summed E-state index contributed by atoms with van der Waals surface area (Å²) in [6.45, 7) is 0.502. The molecule has 0 spiro atoms. The molecule has 0 saturated carbocycles. The van der Waals surface area contributed by atoms with Gasteiger partial charge in [-0.2, -0.15) is 4.98 Å². The Morgan fingerprint density at radius 1 is 1.19 bits per heavy atom. The number of aromatic amines is 1. The number of carbonyl (C=O) groups excluding carboxylic acids is 1. The van der Waals surface area contributed by atoms with Gasteiger partial charge in [0, 0.05) is 24.7 Å². The Balaban J connectivity index is 1.64. The number of aromatic nitrogens is 3. The number of methoxy groups -OCH3 is 1. The minimum Gasteiger partial charge on any atom is -0.497 e. The molecule has 0 bridgehead atoms. The molecule has 0 saturated heterocycles. The van der Waals surface area contributed by atoms with Gasteiger partial charge in [0.2, 0.25) is 5.95 Å². The highest BCUT2D eigenvalue weighted by Crippen LogP contribution is 2.25. The number of pyridine rings is 1. The molecule has 7 heteroatoms. The smallest absolute Gasteiger partial charge is 0.262 e. The lowest BCUT2D eigenvalue weighted by atomic mass is 9.90. The minimum absolute atomic E-state index is 0.0433. The molecule has 0 amide bonds. The lowest BCUT2D eigenvalue weighted by molar-refractivity contribution is 0.0972. The van der Waals surface area contributed by atoms with Gasteiger partial charge < -0.3 is 10.1 Å². The maximum atomic E-state index is 12.6. The third-order valence-corrected chi connectivity index (χ3v) is 4.59. The molecule has 3 aromatic rings. The van der Waals surface area contributed by atoms with Crippen molar-refractivity contribution in [3.8, 4) is 5.75 Å². The molecule has 4 rings (SSSR count). The van der Waals surface area contributed by atoms with Crippen LogP contribution in [0.1, 0.15) is 34.3 Å². The van der Waals surface area contributed by atoms with E-state index in [-0.39, 0.29) is 11.3 Å². The number of hydrogen-bond donors (Lipinski definition) is 2. The minimum atomic E-state index is -0.272. The Kier molecular flexibility index (Phi) is 4.12. The molecule has 132 valence electrons. The Hall–Kier alpha value is -3.22. The van der Waals surface area contributed by atoms with E-state index in [1.165, 1.54) is 0 Å². The number of carbonyl (C=O) groups is 1. The van der Waals surface area contributed by atoms with Crippen molar-refractivity contribution < 1.29 is 9.53 Å². The first-order valence-corrected chi connectivity index (χ1v) is 8.47. The highest BCUT2D eigenvalue weighted by Gasteiger charge is 2.22. The van der Waals surface area contributed by atoms with Crippen LogP contribution in [0.15, 0.2) is 35.3 Å². The van der Waals surface area contributed by atoms with E-state index in [2.05, 4.69) is 20.3 Å². The fourth-order valence-electron chi connectivity index (χ4n) is 3.24. The molecule has 0 atom stereocenters. The third-order valence-electron chi connectivity index (χ3n) is 4.59. The Morgan fingerprint density at radius 2 is 2.00 bits per heavy atom. The van der Waals surface area contributed by atoms with Gasteiger partial charge >= 0.3 is 0 Å². The van der Waals surface area contributed by atoms with Crippen molar-refractivity contribution in [3.05, 3.63) is 57.5 Å². The second-order valence-corrected chi connectivity index (χ2v) is 6.24. The number of aryl methyl sites for hydroxylation is 1. The Labute approximate surface area is 149 Å². The zero-order valence-electron chi connectivity index (χ0n) is 14.3. The van der Waals surface area contributed by atoms with Crippen molar-refractivity contribution in [2.75, 3.05) is 12.4 Å². The maximum absolute atomic E-state index is 12.6. The van der Waals surface area contributed by atoms with Gasteiger partial charge in [0.25, 0.3) is 5.56 Å². The summed E-state index contributed by atoms with van der Waals surface area (Å²) in [5, 5.41) is 3.53. The summed E-state index contributed by atoms with van der Waals surface area (Å²) in [7, 11) is 1.62. The summed E-state index contributed by atoms with van der Waals surface area (Å²) in [6, 6.07) is 7.62. The first-order chi connectivity index (χ1) is 12.7. The number of ketones is 1.